The van der Waals surface area contributed by atoms with Crippen molar-refractivity contribution < 1.29 is 4.74 Å². The number of aromatic nitrogens is 3. The Bertz CT molecular complexity index is 1220. The lowest BCUT2D eigenvalue weighted by Crippen LogP contribution is -2.24. The molecule has 1 heterocycles. The first kappa shape index (κ1) is 23.0. The number of nitrogens with zero attached hydrogens (tertiary/aromatic N) is 4. The van der Waals surface area contributed by atoms with E-state index in [2.05, 4.69) is 62.1 Å². The molecule has 2 aromatic carbocycles. The van der Waals surface area contributed by atoms with Gasteiger partial charge in [0.1, 0.15) is 5.75 Å². The second-order valence-electron chi connectivity index (χ2n) is 8.10. The molecule has 0 aliphatic heterocycles. The van der Waals surface area contributed by atoms with Crippen molar-refractivity contribution >= 4 is 29.2 Å². The van der Waals surface area contributed by atoms with Crippen LogP contribution >= 0.6 is 0 Å². The molecule has 34 heavy (non-hydrogen) atoms. The Hall–Kier alpha value is -4.20. The van der Waals surface area contributed by atoms with E-state index in [4.69, 9.17) is 4.74 Å². The van der Waals surface area contributed by atoms with Crippen LogP contribution in [0.1, 0.15) is 32.8 Å². The summed E-state index contributed by atoms with van der Waals surface area (Å²) in [5.74, 6) is 2.03. The van der Waals surface area contributed by atoms with Gasteiger partial charge in [0.15, 0.2) is 0 Å². The highest BCUT2D eigenvalue weighted by atomic mass is 16.5. The summed E-state index contributed by atoms with van der Waals surface area (Å²) in [5, 5.41) is 11.2. The maximum Gasteiger partial charge on any atom is 0.250 e. The van der Waals surface area contributed by atoms with Crippen LogP contribution in [0.15, 0.2) is 83.0 Å². The molecule has 4 rings (SSSR count). The van der Waals surface area contributed by atoms with E-state index in [-0.39, 0.29) is 6.04 Å². The van der Waals surface area contributed by atoms with Gasteiger partial charge < -0.3 is 15.4 Å². The van der Waals surface area contributed by atoms with Crippen LogP contribution in [-0.4, -0.2) is 33.8 Å². The van der Waals surface area contributed by atoms with Crippen LogP contribution in [0.5, 0.6) is 5.75 Å². The van der Waals surface area contributed by atoms with Crippen molar-refractivity contribution in [2.75, 3.05) is 23.2 Å². The number of hydrazone groups is 1. The van der Waals surface area contributed by atoms with Gasteiger partial charge in [-0.15, -0.1) is 0 Å². The molecular formula is C26H29N7O. The Morgan fingerprint density at radius 1 is 0.941 bits per heavy atom. The second kappa shape index (κ2) is 10.6. The first-order chi connectivity index (χ1) is 16.5. The molecule has 0 fully saturated rings. The maximum absolute atomic E-state index is 5.23. The van der Waals surface area contributed by atoms with Crippen molar-refractivity contribution in [3.8, 4) is 5.75 Å². The summed E-state index contributed by atoms with van der Waals surface area (Å²) in [6.45, 7) is 6.14. The third kappa shape index (κ3) is 5.98. The normalized spacial score (nSPS) is 15.8. The van der Waals surface area contributed by atoms with Gasteiger partial charge in [-0.05, 0) is 69.2 Å². The largest absolute Gasteiger partial charge is 0.497 e. The molecule has 8 nitrogen and oxygen atoms in total. The van der Waals surface area contributed by atoms with Crippen molar-refractivity contribution in [1.29, 1.82) is 0 Å². The summed E-state index contributed by atoms with van der Waals surface area (Å²) < 4.78 is 5.23. The van der Waals surface area contributed by atoms with Gasteiger partial charge in [-0.1, -0.05) is 41.5 Å². The molecule has 1 aromatic heterocycles. The van der Waals surface area contributed by atoms with Crippen LogP contribution < -0.4 is 20.8 Å². The van der Waals surface area contributed by atoms with Crippen molar-refractivity contribution in [3.63, 3.8) is 0 Å². The van der Waals surface area contributed by atoms with Gasteiger partial charge in [0, 0.05) is 5.69 Å². The lowest BCUT2D eigenvalue weighted by atomic mass is 9.96. The van der Waals surface area contributed by atoms with Gasteiger partial charge in [-0.3, -0.25) is 0 Å². The molecule has 1 aliphatic rings. The lowest BCUT2D eigenvalue weighted by Gasteiger charge is -2.22. The summed E-state index contributed by atoms with van der Waals surface area (Å²) >= 11 is 0. The summed E-state index contributed by atoms with van der Waals surface area (Å²) in [7, 11) is 1.65. The fraction of sp³-hybridized carbons (Fsp3) is 0.231. The van der Waals surface area contributed by atoms with Crippen LogP contribution in [0.2, 0.25) is 0 Å². The van der Waals surface area contributed by atoms with E-state index in [9.17, 15) is 0 Å². The van der Waals surface area contributed by atoms with Crippen LogP contribution in [0.25, 0.3) is 0 Å². The number of rotatable bonds is 8. The van der Waals surface area contributed by atoms with Gasteiger partial charge in [-0.25, -0.2) is 5.43 Å². The quantitative estimate of drug-likeness (QED) is 0.303. The molecule has 1 unspecified atom stereocenters. The third-order valence-corrected chi connectivity index (χ3v) is 5.48. The molecule has 0 saturated heterocycles. The number of allylic oxidation sites excluding steroid dienone is 2. The van der Waals surface area contributed by atoms with Gasteiger partial charge in [0.2, 0.25) is 17.8 Å². The minimum absolute atomic E-state index is 0.119. The number of nitrogens with one attached hydrogen (secondary N) is 3. The molecular weight excluding hydrogens is 426 g/mol. The minimum Gasteiger partial charge on any atom is -0.497 e. The highest BCUT2D eigenvalue weighted by Crippen LogP contribution is 2.22. The molecule has 0 amide bonds. The predicted molar refractivity (Wildman–Crippen MR) is 138 cm³/mol. The van der Waals surface area contributed by atoms with Crippen LogP contribution in [-0.2, 0) is 0 Å². The van der Waals surface area contributed by atoms with E-state index < -0.39 is 0 Å². The van der Waals surface area contributed by atoms with E-state index in [0.717, 1.165) is 29.1 Å². The van der Waals surface area contributed by atoms with Crippen molar-refractivity contribution in [3.05, 3.63) is 83.5 Å². The number of ether oxygens (including phenoxy) is 1. The zero-order chi connectivity index (χ0) is 23.9. The van der Waals surface area contributed by atoms with Gasteiger partial charge >= 0.3 is 0 Å². The average molecular weight is 456 g/mol. The lowest BCUT2D eigenvalue weighted by molar-refractivity contribution is 0.415. The highest BCUT2D eigenvalue weighted by molar-refractivity contribution is 5.99. The fourth-order valence-electron chi connectivity index (χ4n) is 3.56. The Morgan fingerprint density at radius 3 is 2.35 bits per heavy atom. The molecule has 3 N–H and O–H groups in total. The summed E-state index contributed by atoms with van der Waals surface area (Å²) in [4.78, 5) is 13.6. The SMILES string of the molecule is COc1ccc(/C(C)=N/Nc2nc(Nc3ccccc3)nc(NC3CC=C(C)C=C3C)n2)cc1. The molecule has 0 saturated carbocycles. The first-order valence-corrected chi connectivity index (χ1v) is 11.1. The summed E-state index contributed by atoms with van der Waals surface area (Å²) in [6.07, 6.45) is 5.25. The molecule has 3 aromatic rings. The average Bonchev–Trinajstić information content (AvgIpc) is 2.85. The number of para-hydroxylation sites is 1. The van der Waals surface area contributed by atoms with Gasteiger partial charge in [0.25, 0.3) is 0 Å². The Kier molecular flexibility index (Phi) is 7.17. The Balaban J connectivity index is 1.57. The molecule has 0 radical (unpaired) electrons. The van der Waals surface area contributed by atoms with Gasteiger partial charge in [-0.2, -0.15) is 20.1 Å². The van der Waals surface area contributed by atoms with E-state index in [1.807, 2.05) is 61.5 Å². The Morgan fingerprint density at radius 2 is 1.65 bits per heavy atom. The highest BCUT2D eigenvalue weighted by Gasteiger charge is 2.16. The number of anilines is 4. The van der Waals surface area contributed by atoms with Crippen molar-refractivity contribution in [2.24, 2.45) is 5.10 Å². The first-order valence-electron chi connectivity index (χ1n) is 11.1. The second-order valence-corrected chi connectivity index (χ2v) is 8.10. The van der Waals surface area contributed by atoms with Crippen LogP contribution in [0.3, 0.4) is 0 Å². The number of hydrogen-bond donors (Lipinski definition) is 3. The molecule has 174 valence electrons. The number of benzene rings is 2. The molecule has 0 bridgehead atoms. The zero-order valence-electron chi connectivity index (χ0n) is 19.8. The fourth-order valence-corrected chi connectivity index (χ4v) is 3.56. The van der Waals surface area contributed by atoms with E-state index in [0.29, 0.717) is 17.8 Å². The monoisotopic (exact) mass is 455 g/mol. The Labute approximate surface area is 199 Å². The minimum atomic E-state index is 0.119. The standard InChI is InChI=1S/C26H29N7O/c1-17-10-15-23(18(2)16-17)28-25-29-24(27-21-8-6-5-7-9-21)30-26(31-25)33-32-19(3)20-11-13-22(34-4)14-12-20/h5-14,16,23H,15H2,1-4H3,(H3,27,28,29,30,31,33)/b32-19+. The zero-order valence-corrected chi connectivity index (χ0v) is 19.8. The molecule has 1 aliphatic carbocycles. The molecule has 8 heteroatoms. The van der Waals surface area contributed by atoms with Gasteiger partial charge in [0.05, 0.1) is 18.9 Å². The maximum atomic E-state index is 5.23. The van der Waals surface area contributed by atoms with Crippen LogP contribution in [0, 0.1) is 0 Å². The van der Waals surface area contributed by atoms with Crippen molar-refractivity contribution in [1.82, 2.24) is 15.0 Å². The summed E-state index contributed by atoms with van der Waals surface area (Å²) in [5.41, 5.74) is 8.13. The molecule has 0 spiro atoms. The van der Waals surface area contributed by atoms with E-state index in [1.165, 1.54) is 11.1 Å². The van der Waals surface area contributed by atoms with E-state index >= 15 is 0 Å². The van der Waals surface area contributed by atoms with Crippen molar-refractivity contribution in [2.45, 2.75) is 33.2 Å². The number of methoxy groups -OCH3 is 1. The smallest absolute Gasteiger partial charge is 0.250 e. The topological polar surface area (TPSA) is 96.4 Å². The predicted octanol–water partition coefficient (Wildman–Crippen LogP) is 5.54. The molecule has 1 atom stereocenters. The number of hydrogen-bond acceptors (Lipinski definition) is 8. The third-order valence-electron chi connectivity index (χ3n) is 5.48. The summed E-state index contributed by atoms with van der Waals surface area (Å²) in [6, 6.07) is 17.6. The van der Waals surface area contributed by atoms with E-state index in [1.54, 1.807) is 7.11 Å². The van der Waals surface area contributed by atoms with Crippen LogP contribution in [0.4, 0.5) is 23.5 Å².